The summed E-state index contributed by atoms with van der Waals surface area (Å²) in [5.74, 6) is 0.527. The molecule has 0 saturated carbocycles. The van der Waals surface area contributed by atoms with Crippen LogP contribution in [-0.4, -0.2) is 0 Å². The molecule has 19 heavy (non-hydrogen) atoms. The first-order valence-electron chi connectivity index (χ1n) is 6.81. The van der Waals surface area contributed by atoms with Gasteiger partial charge in [-0.3, -0.25) is 0 Å². The Bertz CT molecular complexity index is 396. The largest absolute Gasteiger partial charge is 1.00 e. The molecule has 0 saturated heterocycles. The van der Waals surface area contributed by atoms with Crippen molar-refractivity contribution < 1.29 is 29.6 Å². The minimum Gasteiger partial charge on any atom is -0.343 e. The normalized spacial score (nSPS) is 10.2. The second-order valence-corrected chi connectivity index (χ2v) is 4.72. The minimum atomic E-state index is 0. The van der Waals surface area contributed by atoms with Gasteiger partial charge in [0, 0.05) is 5.92 Å². The van der Waals surface area contributed by atoms with Crippen LogP contribution in [0.5, 0.6) is 0 Å². The molecular weight excluding hydrogens is 239 g/mol. The van der Waals surface area contributed by atoms with Crippen LogP contribution in [0.25, 0.3) is 0 Å². The first kappa shape index (κ1) is 16.5. The molecule has 2 aromatic rings. The quantitative estimate of drug-likeness (QED) is 0.424. The molecule has 0 fully saturated rings. The zero-order valence-electron chi connectivity index (χ0n) is 11.9. The van der Waals surface area contributed by atoms with E-state index in [9.17, 15) is 0 Å². The average Bonchev–Trinajstić information content (AvgIpc) is 2.46. The molecule has 0 heterocycles. The first-order valence-corrected chi connectivity index (χ1v) is 6.81. The van der Waals surface area contributed by atoms with E-state index in [2.05, 4.69) is 67.6 Å². The maximum Gasteiger partial charge on any atom is 1.00 e. The number of benzene rings is 2. The van der Waals surface area contributed by atoms with Crippen LogP contribution in [-0.2, 0) is 0 Å². The van der Waals surface area contributed by atoms with E-state index in [1.165, 1.54) is 30.4 Å². The van der Waals surface area contributed by atoms with Crippen molar-refractivity contribution in [3.63, 3.8) is 0 Å². The third-order valence-electron chi connectivity index (χ3n) is 3.40. The molecule has 2 rings (SSSR count). The van der Waals surface area contributed by atoms with Crippen LogP contribution in [0.1, 0.15) is 42.7 Å². The minimum absolute atomic E-state index is 0. The molecule has 0 aliphatic carbocycles. The maximum atomic E-state index is 3.93. The van der Waals surface area contributed by atoms with Gasteiger partial charge in [0.05, 0.1) is 0 Å². The van der Waals surface area contributed by atoms with Crippen molar-refractivity contribution in [2.24, 2.45) is 0 Å². The molecule has 0 nitrogen and oxygen atoms in total. The summed E-state index contributed by atoms with van der Waals surface area (Å²) in [5, 5.41) is 0. The van der Waals surface area contributed by atoms with Crippen LogP contribution in [0.4, 0.5) is 0 Å². The molecule has 0 unspecified atom stereocenters. The van der Waals surface area contributed by atoms with Gasteiger partial charge in [-0.1, -0.05) is 73.5 Å². The molecule has 1 heteroatoms. The molecule has 0 aliphatic rings. The third-order valence-corrected chi connectivity index (χ3v) is 3.40. The van der Waals surface area contributed by atoms with Gasteiger partial charge >= 0.3 is 29.6 Å². The van der Waals surface area contributed by atoms with Crippen molar-refractivity contribution in [1.29, 1.82) is 0 Å². The Balaban J connectivity index is 0.00000180. The van der Waals surface area contributed by atoms with Gasteiger partial charge in [0.2, 0.25) is 0 Å². The summed E-state index contributed by atoms with van der Waals surface area (Å²) in [5.41, 5.74) is 2.85. The van der Waals surface area contributed by atoms with Crippen LogP contribution < -0.4 is 29.6 Å². The Morgan fingerprint density at radius 2 is 1.21 bits per heavy atom. The van der Waals surface area contributed by atoms with Crippen molar-refractivity contribution in [2.75, 3.05) is 0 Å². The summed E-state index contributed by atoms with van der Waals surface area (Å²) < 4.78 is 0. The van der Waals surface area contributed by atoms with Gasteiger partial charge in [-0.2, -0.15) is 6.42 Å². The molecule has 2 aromatic carbocycles. The van der Waals surface area contributed by atoms with Gasteiger partial charge in [0.1, 0.15) is 0 Å². The Labute approximate surface area is 139 Å². The van der Waals surface area contributed by atoms with Crippen LogP contribution in [0, 0.1) is 6.92 Å². The van der Waals surface area contributed by atoms with Crippen LogP contribution in [0.3, 0.4) is 0 Å². The Morgan fingerprint density at radius 3 is 1.63 bits per heavy atom. The smallest absolute Gasteiger partial charge is 0.343 e. The summed E-state index contributed by atoms with van der Waals surface area (Å²) in [6.07, 6.45) is 4.72. The van der Waals surface area contributed by atoms with Crippen molar-refractivity contribution in [3.8, 4) is 0 Å². The predicted molar refractivity (Wildman–Crippen MR) is 78.6 cm³/mol. The zero-order valence-corrected chi connectivity index (χ0v) is 13.9. The summed E-state index contributed by atoms with van der Waals surface area (Å²) in [6.45, 7) is 3.93. The van der Waals surface area contributed by atoms with E-state index in [1.54, 1.807) is 0 Å². The predicted octanol–water partition coefficient (Wildman–Crippen LogP) is 2.22. The number of hydrogen-bond acceptors (Lipinski definition) is 0. The van der Waals surface area contributed by atoms with Crippen LogP contribution in [0.15, 0.2) is 60.7 Å². The van der Waals surface area contributed by atoms with Gasteiger partial charge in [0.25, 0.3) is 0 Å². The monoisotopic (exact) mass is 260 g/mol. The molecule has 0 aliphatic heterocycles. The number of hydrogen-bond donors (Lipinski definition) is 0. The molecule has 94 valence electrons. The molecule has 0 amide bonds. The molecule has 0 bridgehead atoms. The molecule has 0 aromatic heterocycles. The van der Waals surface area contributed by atoms with Crippen molar-refractivity contribution in [3.05, 3.63) is 78.7 Å². The topological polar surface area (TPSA) is 0 Å². The third kappa shape index (κ3) is 5.14. The fraction of sp³-hybridized carbons (Fsp3) is 0.278. The zero-order chi connectivity index (χ0) is 12.6. The van der Waals surface area contributed by atoms with E-state index in [-0.39, 0.29) is 29.6 Å². The van der Waals surface area contributed by atoms with Crippen molar-refractivity contribution >= 4 is 0 Å². The Hall–Kier alpha value is -0.560. The van der Waals surface area contributed by atoms with Crippen molar-refractivity contribution in [1.82, 2.24) is 0 Å². The SMILES string of the molecule is [CH2-]CCCCC(c1ccccc1)c1ccccc1.[Na+]. The molecular formula is C18H21Na. The second-order valence-electron chi connectivity index (χ2n) is 4.72. The summed E-state index contributed by atoms with van der Waals surface area (Å²) >= 11 is 0. The second kappa shape index (κ2) is 9.36. The summed E-state index contributed by atoms with van der Waals surface area (Å²) in [4.78, 5) is 0. The molecule has 0 atom stereocenters. The summed E-state index contributed by atoms with van der Waals surface area (Å²) in [7, 11) is 0. The van der Waals surface area contributed by atoms with E-state index in [0.717, 1.165) is 6.42 Å². The standard InChI is InChI=1S/C18H21.Na/c1-2-3-6-15-18(16-11-7-4-8-12-16)17-13-9-5-10-14-17;/h4-5,7-14,18H,1-3,6,15H2;/q-1;+1. The van der Waals surface area contributed by atoms with Gasteiger partial charge < -0.3 is 6.92 Å². The molecule has 0 spiro atoms. The van der Waals surface area contributed by atoms with E-state index in [4.69, 9.17) is 0 Å². The van der Waals surface area contributed by atoms with Gasteiger partial charge in [-0.25, -0.2) is 0 Å². The number of rotatable bonds is 6. The Kier molecular flexibility index (Phi) is 8.13. The van der Waals surface area contributed by atoms with E-state index in [1.807, 2.05) is 0 Å². The van der Waals surface area contributed by atoms with Gasteiger partial charge in [-0.15, -0.1) is 0 Å². The Morgan fingerprint density at radius 1 is 0.737 bits per heavy atom. The van der Waals surface area contributed by atoms with Crippen LogP contribution >= 0.6 is 0 Å². The fourth-order valence-corrected chi connectivity index (χ4v) is 2.42. The maximum absolute atomic E-state index is 3.93. The van der Waals surface area contributed by atoms with E-state index >= 15 is 0 Å². The fourth-order valence-electron chi connectivity index (χ4n) is 2.42. The van der Waals surface area contributed by atoms with E-state index < -0.39 is 0 Å². The molecule has 0 N–H and O–H groups in total. The van der Waals surface area contributed by atoms with E-state index in [0.29, 0.717) is 5.92 Å². The average molecular weight is 260 g/mol. The first-order chi connectivity index (χ1) is 8.92. The molecule has 0 radical (unpaired) electrons. The summed E-state index contributed by atoms with van der Waals surface area (Å²) in [6, 6.07) is 21.6. The number of unbranched alkanes of at least 4 members (excludes halogenated alkanes) is 2. The van der Waals surface area contributed by atoms with Crippen molar-refractivity contribution in [2.45, 2.75) is 31.6 Å². The van der Waals surface area contributed by atoms with Gasteiger partial charge in [0.15, 0.2) is 0 Å². The van der Waals surface area contributed by atoms with Gasteiger partial charge in [-0.05, 0) is 17.5 Å². The van der Waals surface area contributed by atoms with Crippen LogP contribution in [0.2, 0.25) is 0 Å².